The second-order valence-corrected chi connectivity index (χ2v) is 7.84. The summed E-state index contributed by atoms with van der Waals surface area (Å²) in [4.78, 5) is 2.46. The van der Waals surface area contributed by atoms with Crippen molar-refractivity contribution in [1.29, 1.82) is 0 Å². The minimum Gasteiger partial charge on any atom is -0.496 e. The Hall–Kier alpha value is -2.70. The summed E-state index contributed by atoms with van der Waals surface area (Å²) in [6.07, 6.45) is 2.38. The lowest BCUT2D eigenvalue weighted by atomic mass is 9.98. The average Bonchev–Trinajstić information content (AvgIpc) is 3.43. The van der Waals surface area contributed by atoms with E-state index < -0.39 is 0 Å². The van der Waals surface area contributed by atoms with E-state index in [1.165, 1.54) is 17.5 Å². The summed E-state index contributed by atoms with van der Waals surface area (Å²) >= 11 is 0. The normalized spacial score (nSPS) is 19.3. The maximum absolute atomic E-state index is 5.60. The van der Waals surface area contributed by atoms with Crippen molar-refractivity contribution in [2.24, 2.45) is 0 Å². The third kappa shape index (κ3) is 3.54. The SMILES string of the molecule is COc1ccccc1-c1ccccc1CN1CCn2c(nnc2[C@@H]2CCCN2)C1. The molecular formula is C23H27N5O. The van der Waals surface area contributed by atoms with E-state index in [0.717, 1.165) is 62.1 Å². The molecule has 1 aromatic heterocycles. The van der Waals surface area contributed by atoms with Crippen LogP contribution < -0.4 is 10.1 Å². The lowest BCUT2D eigenvalue weighted by Crippen LogP contribution is -2.34. The number of fused-ring (bicyclic) bond motifs is 1. The van der Waals surface area contributed by atoms with Gasteiger partial charge in [0.05, 0.1) is 19.7 Å². The van der Waals surface area contributed by atoms with Gasteiger partial charge in [-0.2, -0.15) is 0 Å². The number of hydrogen-bond donors (Lipinski definition) is 1. The zero-order valence-electron chi connectivity index (χ0n) is 16.8. The number of nitrogens with zero attached hydrogens (tertiary/aromatic N) is 4. The summed E-state index contributed by atoms with van der Waals surface area (Å²) in [5.74, 6) is 3.10. The maximum Gasteiger partial charge on any atom is 0.150 e. The molecule has 3 aromatic rings. The van der Waals surface area contributed by atoms with Crippen molar-refractivity contribution in [1.82, 2.24) is 25.0 Å². The molecule has 1 N–H and O–H groups in total. The average molecular weight is 390 g/mol. The Labute approximate surface area is 171 Å². The van der Waals surface area contributed by atoms with E-state index in [1.54, 1.807) is 7.11 Å². The van der Waals surface area contributed by atoms with Gasteiger partial charge in [-0.05, 0) is 36.6 Å². The molecule has 0 unspecified atom stereocenters. The van der Waals surface area contributed by atoms with Gasteiger partial charge in [0.15, 0.2) is 0 Å². The molecule has 1 fully saturated rings. The van der Waals surface area contributed by atoms with Crippen molar-refractivity contribution in [3.63, 3.8) is 0 Å². The quantitative estimate of drug-likeness (QED) is 0.725. The van der Waals surface area contributed by atoms with Crippen LogP contribution in [-0.2, 0) is 19.6 Å². The first-order chi connectivity index (χ1) is 14.3. The second kappa shape index (κ2) is 7.97. The highest BCUT2D eigenvalue weighted by molar-refractivity contribution is 5.73. The van der Waals surface area contributed by atoms with Crippen molar-refractivity contribution < 1.29 is 4.74 Å². The number of hydrogen-bond acceptors (Lipinski definition) is 5. The molecule has 3 heterocycles. The summed E-state index contributed by atoms with van der Waals surface area (Å²) in [5, 5.41) is 12.6. The largest absolute Gasteiger partial charge is 0.496 e. The standard InChI is InChI=1S/C23H27N5O/c1-29-21-11-5-4-9-19(21)18-8-3-2-7-17(18)15-27-13-14-28-22(16-27)25-26-23(28)20-10-6-12-24-20/h2-5,7-9,11,20,24H,6,10,12-16H2,1H3/t20-/m0/s1. The number of methoxy groups -OCH3 is 1. The molecule has 0 saturated carbocycles. The van der Waals surface area contributed by atoms with Gasteiger partial charge in [-0.25, -0.2) is 0 Å². The van der Waals surface area contributed by atoms with Gasteiger partial charge in [0.2, 0.25) is 0 Å². The first-order valence-corrected chi connectivity index (χ1v) is 10.4. The zero-order chi connectivity index (χ0) is 19.6. The molecule has 1 atom stereocenters. The fourth-order valence-electron chi connectivity index (χ4n) is 4.56. The van der Waals surface area contributed by atoms with Gasteiger partial charge in [0.1, 0.15) is 17.4 Å². The van der Waals surface area contributed by atoms with E-state index in [0.29, 0.717) is 6.04 Å². The molecule has 1 saturated heterocycles. The lowest BCUT2D eigenvalue weighted by molar-refractivity contribution is 0.206. The molecule has 5 rings (SSSR count). The van der Waals surface area contributed by atoms with Crippen LogP contribution in [0.4, 0.5) is 0 Å². The Bertz CT molecular complexity index is 992. The van der Waals surface area contributed by atoms with Crippen LogP contribution in [0.15, 0.2) is 48.5 Å². The van der Waals surface area contributed by atoms with Crippen LogP contribution in [0, 0.1) is 0 Å². The maximum atomic E-state index is 5.60. The summed E-state index contributed by atoms with van der Waals surface area (Å²) in [7, 11) is 1.73. The van der Waals surface area contributed by atoms with Crippen LogP contribution in [0.5, 0.6) is 5.75 Å². The van der Waals surface area contributed by atoms with E-state index >= 15 is 0 Å². The number of nitrogens with one attached hydrogen (secondary N) is 1. The summed E-state index contributed by atoms with van der Waals surface area (Å²) in [6.45, 7) is 4.76. The van der Waals surface area contributed by atoms with Crippen LogP contribution in [0.1, 0.15) is 36.1 Å². The van der Waals surface area contributed by atoms with Gasteiger partial charge in [0.25, 0.3) is 0 Å². The summed E-state index contributed by atoms with van der Waals surface area (Å²) in [5.41, 5.74) is 3.68. The van der Waals surface area contributed by atoms with E-state index in [9.17, 15) is 0 Å². The Balaban J connectivity index is 1.37. The van der Waals surface area contributed by atoms with Gasteiger partial charge in [0, 0.05) is 25.2 Å². The molecule has 6 heteroatoms. The molecule has 2 aromatic carbocycles. The van der Waals surface area contributed by atoms with Crippen LogP contribution in [0.25, 0.3) is 11.1 Å². The van der Waals surface area contributed by atoms with Crippen molar-refractivity contribution in [3.05, 3.63) is 65.7 Å². The number of para-hydroxylation sites is 1. The minimum absolute atomic E-state index is 0.370. The molecular weight excluding hydrogens is 362 g/mol. The monoisotopic (exact) mass is 389 g/mol. The predicted octanol–water partition coefficient (Wildman–Crippen LogP) is 3.39. The van der Waals surface area contributed by atoms with Crippen LogP contribution in [0.2, 0.25) is 0 Å². The van der Waals surface area contributed by atoms with Gasteiger partial charge in [-0.3, -0.25) is 4.90 Å². The van der Waals surface area contributed by atoms with Crippen molar-refractivity contribution in [2.75, 3.05) is 20.2 Å². The molecule has 0 bridgehead atoms. The highest BCUT2D eigenvalue weighted by Gasteiger charge is 2.27. The molecule has 2 aliphatic rings. The Morgan fingerprint density at radius 1 is 1.03 bits per heavy atom. The van der Waals surface area contributed by atoms with Gasteiger partial charge in [-0.15, -0.1) is 10.2 Å². The minimum atomic E-state index is 0.370. The molecule has 29 heavy (non-hydrogen) atoms. The molecule has 6 nitrogen and oxygen atoms in total. The first-order valence-electron chi connectivity index (χ1n) is 10.4. The lowest BCUT2D eigenvalue weighted by Gasteiger charge is -2.29. The zero-order valence-corrected chi connectivity index (χ0v) is 16.8. The molecule has 0 spiro atoms. The third-order valence-electron chi connectivity index (χ3n) is 6.04. The number of ether oxygens (including phenoxy) is 1. The van der Waals surface area contributed by atoms with Crippen LogP contribution >= 0.6 is 0 Å². The van der Waals surface area contributed by atoms with Gasteiger partial charge in [-0.1, -0.05) is 42.5 Å². The molecule has 0 radical (unpaired) electrons. The predicted molar refractivity (Wildman–Crippen MR) is 113 cm³/mol. The fourth-order valence-corrected chi connectivity index (χ4v) is 4.56. The van der Waals surface area contributed by atoms with Gasteiger partial charge >= 0.3 is 0 Å². The van der Waals surface area contributed by atoms with Crippen molar-refractivity contribution in [2.45, 2.75) is 38.5 Å². The number of rotatable bonds is 5. The fraction of sp³-hybridized carbons (Fsp3) is 0.391. The van der Waals surface area contributed by atoms with Crippen LogP contribution in [0.3, 0.4) is 0 Å². The van der Waals surface area contributed by atoms with Crippen molar-refractivity contribution >= 4 is 0 Å². The Morgan fingerprint density at radius 3 is 2.69 bits per heavy atom. The number of aromatic nitrogens is 3. The summed E-state index contributed by atoms with van der Waals surface area (Å²) in [6, 6.07) is 17.2. The smallest absolute Gasteiger partial charge is 0.150 e. The Morgan fingerprint density at radius 2 is 1.86 bits per heavy atom. The van der Waals surface area contributed by atoms with Crippen LogP contribution in [-0.4, -0.2) is 39.9 Å². The van der Waals surface area contributed by atoms with E-state index in [1.807, 2.05) is 12.1 Å². The Kier molecular flexibility index (Phi) is 5.04. The summed E-state index contributed by atoms with van der Waals surface area (Å²) < 4.78 is 7.93. The molecule has 2 aliphatic heterocycles. The van der Waals surface area contributed by atoms with E-state index in [2.05, 4.69) is 61.4 Å². The highest BCUT2D eigenvalue weighted by Crippen LogP contribution is 2.33. The second-order valence-electron chi connectivity index (χ2n) is 7.84. The topological polar surface area (TPSA) is 55.2 Å². The third-order valence-corrected chi connectivity index (χ3v) is 6.04. The van der Waals surface area contributed by atoms with Crippen molar-refractivity contribution in [3.8, 4) is 16.9 Å². The first kappa shape index (κ1) is 18.3. The molecule has 0 aliphatic carbocycles. The highest BCUT2D eigenvalue weighted by atomic mass is 16.5. The molecule has 150 valence electrons. The number of benzene rings is 2. The van der Waals surface area contributed by atoms with Gasteiger partial charge < -0.3 is 14.6 Å². The van der Waals surface area contributed by atoms with E-state index in [4.69, 9.17) is 4.74 Å². The molecule has 0 amide bonds. The van der Waals surface area contributed by atoms with E-state index in [-0.39, 0.29) is 0 Å².